The second kappa shape index (κ2) is 9.96. The highest BCUT2D eigenvalue weighted by Crippen LogP contribution is 2.45. The molecule has 0 radical (unpaired) electrons. The molecule has 0 spiro atoms. The van der Waals surface area contributed by atoms with Crippen LogP contribution in [0, 0.1) is 13.8 Å². The zero-order chi connectivity index (χ0) is 22.4. The van der Waals surface area contributed by atoms with Crippen molar-refractivity contribution in [2.24, 2.45) is 0 Å². The van der Waals surface area contributed by atoms with E-state index in [0.29, 0.717) is 34.2 Å². The van der Waals surface area contributed by atoms with Crippen molar-refractivity contribution in [3.8, 4) is 28.4 Å². The number of aromatic nitrogens is 1. The summed E-state index contributed by atoms with van der Waals surface area (Å²) in [4.78, 5) is 30.2. The summed E-state index contributed by atoms with van der Waals surface area (Å²) < 4.78 is 27.0. The first-order valence-corrected chi connectivity index (χ1v) is 9.50. The Kier molecular flexibility index (Phi) is 7.63. The molecule has 1 aromatic heterocycles. The quantitative estimate of drug-likeness (QED) is 0.600. The highest BCUT2D eigenvalue weighted by atomic mass is 16.5. The molecule has 0 aliphatic rings. The third kappa shape index (κ3) is 4.32. The Morgan fingerprint density at radius 2 is 1.20 bits per heavy atom. The summed E-state index contributed by atoms with van der Waals surface area (Å²) in [5, 5.41) is 0. The van der Waals surface area contributed by atoms with E-state index in [4.69, 9.17) is 23.7 Å². The normalized spacial score (nSPS) is 10.4. The Morgan fingerprint density at radius 3 is 1.53 bits per heavy atom. The van der Waals surface area contributed by atoms with Crippen molar-refractivity contribution in [1.82, 2.24) is 4.98 Å². The van der Waals surface area contributed by atoms with Crippen LogP contribution in [-0.4, -0.2) is 51.5 Å². The second-order valence-electron chi connectivity index (χ2n) is 6.26. The number of hydrogen-bond acceptors (Lipinski definition) is 8. The van der Waals surface area contributed by atoms with Gasteiger partial charge in [-0.15, -0.1) is 0 Å². The van der Waals surface area contributed by atoms with Gasteiger partial charge in [0.1, 0.15) is 17.2 Å². The second-order valence-corrected chi connectivity index (χ2v) is 6.26. The van der Waals surface area contributed by atoms with Crippen LogP contribution < -0.4 is 14.2 Å². The summed E-state index contributed by atoms with van der Waals surface area (Å²) in [7, 11) is 4.47. The fraction of sp³-hybridized carbons (Fsp3) is 0.409. The number of carbonyl (C=O) groups is 2. The van der Waals surface area contributed by atoms with Crippen molar-refractivity contribution in [3.63, 3.8) is 0 Å². The molecule has 8 heteroatoms. The van der Waals surface area contributed by atoms with Crippen molar-refractivity contribution in [2.75, 3.05) is 34.5 Å². The SMILES string of the molecule is CCOC(=O)c1c(C)nc(C)c(C(=O)OCC)c1-c1c(OC)cc(OC)cc1OC. The van der Waals surface area contributed by atoms with Crippen molar-refractivity contribution in [3.05, 3.63) is 34.6 Å². The smallest absolute Gasteiger partial charge is 0.340 e. The number of carbonyl (C=O) groups excluding carboxylic acids is 2. The molecule has 2 aromatic rings. The highest BCUT2D eigenvalue weighted by Gasteiger charge is 2.31. The number of nitrogens with zero attached hydrogens (tertiary/aromatic N) is 1. The van der Waals surface area contributed by atoms with E-state index < -0.39 is 11.9 Å². The molecule has 0 N–H and O–H groups in total. The van der Waals surface area contributed by atoms with Gasteiger partial charge in [-0.1, -0.05) is 0 Å². The summed E-state index contributed by atoms with van der Waals surface area (Å²) >= 11 is 0. The molecule has 0 saturated carbocycles. The van der Waals surface area contributed by atoms with Crippen LogP contribution in [0.4, 0.5) is 0 Å². The summed E-state index contributed by atoms with van der Waals surface area (Å²) in [6.07, 6.45) is 0. The fourth-order valence-corrected chi connectivity index (χ4v) is 3.26. The molecule has 0 bridgehead atoms. The number of methoxy groups -OCH3 is 3. The van der Waals surface area contributed by atoms with Crippen LogP contribution in [0.5, 0.6) is 17.2 Å². The van der Waals surface area contributed by atoms with E-state index in [1.54, 1.807) is 39.8 Å². The number of esters is 2. The summed E-state index contributed by atoms with van der Waals surface area (Å²) in [5.74, 6) is -0.0177. The van der Waals surface area contributed by atoms with E-state index >= 15 is 0 Å². The molecular weight excluding hydrogens is 390 g/mol. The molecule has 0 unspecified atom stereocenters. The Labute approximate surface area is 176 Å². The van der Waals surface area contributed by atoms with Gasteiger partial charge in [0, 0.05) is 17.7 Å². The van der Waals surface area contributed by atoms with Crippen molar-refractivity contribution in [1.29, 1.82) is 0 Å². The largest absolute Gasteiger partial charge is 0.496 e. The Bertz CT molecular complexity index is 886. The molecule has 1 heterocycles. The minimum atomic E-state index is -0.608. The van der Waals surface area contributed by atoms with Gasteiger partial charge in [0.15, 0.2) is 0 Å². The van der Waals surface area contributed by atoms with Crippen LogP contribution in [0.25, 0.3) is 11.1 Å². The highest BCUT2D eigenvalue weighted by molar-refractivity contribution is 6.09. The van der Waals surface area contributed by atoms with Crippen LogP contribution in [-0.2, 0) is 9.47 Å². The van der Waals surface area contributed by atoms with Gasteiger partial charge in [-0.25, -0.2) is 9.59 Å². The average Bonchev–Trinajstić information content (AvgIpc) is 2.72. The molecule has 162 valence electrons. The lowest BCUT2D eigenvalue weighted by molar-refractivity contribution is 0.0525. The zero-order valence-corrected chi connectivity index (χ0v) is 18.4. The molecule has 2 rings (SSSR count). The van der Waals surface area contributed by atoms with Gasteiger partial charge in [0.05, 0.1) is 62.6 Å². The lowest BCUT2D eigenvalue weighted by Crippen LogP contribution is -2.18. The van der Waals surface area contributed by atoms with E-state index in [0.717, 1.165) is 0 Å². The zero-order valence-electron chi connectivity index (χ0n) is 18.4. The number of hydrogen-bond donors (Lipinski definition) is 0. The first-order chi connectivity index (χ1) is 14.3. The van der Waals surface area contributed by atoms with E-state index in [1.807, 2.05) is 0 Å². The van der Waals surface area contributed by atoms with E-state index in [2.05, 4.69) is 4.98 Å². The monoisotopic (exact) mass is 417 g/mol. The molecule has 8 nitrogen and oxygen atoms in total. The Morgan fingerprint density at radius 1 is 0.767 bits per heavy atom. The molecule has 0 amide bonds. The number of benzene rings is 1. The first kappa shape index (κ1) is 23.0. The standard InChI is InChI=1S/C22H27NO7/c1-8-29-21(24)17-12(3)23-13(4)18(22(25)30-9-2)20(17)19-15(27-6)10-14(26-5)11-16(19)28-7/h10-11H,8-9H2,1-7H3. The minimum Gasteiger partial charge on any atom is -0.496 e. The Hall–Kier alpha value is -3.29. The van der Waals surface area contributed by atoms with Gasteiger partial charge in [0.25, 0.3) is 0 Å². The molecule has 1 aromatic carbocycles. The van der Waals surface area contributed by atoms with Crippen LogP contribution in [0.15, 0.2) is 12.1 Å². The molecule has 0 saturated heterocycles. The van der Waals surface area contributed by atoms with E-state index in [-0.39, 0.29) is 29.9 Å². The van der Waals surface area contributed by atoms with Crippen molar-refractivity contribution >= 4 is 11.9 Å². The maximum atomic E-state index is 12.9. The molecule has 0 fully saturated rings. The molecule has 0 atom stereocenters. The molecule has 0 aliphatic carbocycles. The van der Waals surface area contributed by atoms with Gasteiger partial charge in [-0.2, -0.15) is 0 Å². The fourth-order valence-electron chi connectivity index (χ4n) is 3.26. The number of aryl methyl sites for hydroxylation is 2. The predicted octanol–water partition coefficient (Wildman–Crippen LogP) is 3.74. The van der Waals surface area contributed by atoms with Crippen LogP contribution >= 0.6 is 0 Å². The Balaban J connectivity index is 3.06. The van der Waals surface area contributed by atoms with Gasteiger partial charge in [-0.05, 0) is 27.7 Å². The van der Waals surface area contributed by atoms with Gasteiger partial charge in [0.2, 0.25) is 0 Å². The summed E-state index contributed by atoms with van der Waals surface area (Å²) in [6, 6.07) is 3.29. The van der Waals surface area contributed by atoms with Crippen LogP contribution in [0.2, 0.25) is 0 Å². The minimum absolute atomic E-state index is 0.146. The number of rotatable bonds is 8. The third-order valence-corrected chi connectivity index (χ3v) is 4.48. The van der Waals surface area contributed by atoms with E-state index in [1.165, 1.54) is 21.3 Å². The van der Waals surface area contributed by atoms with Crippen LogP contribution in [0.3, 0.4) is 0 Å². The lowest BCUT2D eigenvalue weighted by Gasteiger charge is -2.21. The van der Waals surface area contributed by atoms with Crippen molar-refractivity contribution < 1.29 is 33.3 Å². The van der Waals surface area contributed by atoms with E-state index in [9.17, 15) is 9.59 Å². The average molecular weight is 417 g/mol. The molecule has 30 heavy (non-hydrogen) atoms. The maximum Gasteiger partial charge on any atom is 0.340 e. The van der Waals surface area contributed by atoms with Crippen molar-refractivity contribution in [2.45, 2.75) is 27.7 Å². The van der Waals surface area contributed by atoms with Gasteiger partial charge < -0.3 is 23.7 Å². The number of pyridine rings is 1. The molecule has 0 aliphatic heterocycles. The maximum absolute atomic E-state index is 12.9. The third-order valence-electron chi connectivity index (χ3n) is 4.48. The molecular formula is C22H27NO7. The summed E-state index contributed by atoms with van der Waals surface area (Å²) in [6.45, 7) is 7.10. The predicted molar refractivity (Wildman–Crippen MR) is 111 cm³/mol. The first-order valence-electron chi connectivity index (χ1n) is 9.50. The topological polar surface area (TPSA) is 93.2 Å². The van der Waals surface area contributed by atoms with Gasteiger partial charge in [-0.3, -0.25) is 4.98 Å². The van der Waals surface area contributed by atoms with Crippen LogP contribution in [0.1, 0.15) is 46.0 Å². The van der Waals surface area contributed by atoms with Gasteiger partial charge >= 0.3 is 11.9 Å². The lowest BCUT2D eigenvalue weighted by atomic mass is 9.91. The summed E-state index contributed by atoms with van der Waals surface area (Å²) in [5.41, 5.74) is 1.80. The number of ether oxygens (including phenoxy) is 5.